The summed E-state index contributed by atoms with van der Waals surface area (Å²) in [5.74, 6) is -0.643. The Morgan fingerprint density at radius 2 is 2.19 bits per heavy atom. The van der Waals surface area contributed by atoms with Crippen molar-refractivity contribution in [1.29, 1.82) is 0 Å². The summed E-state index contributed by atoms with van der Waals surface area (Å²) in [4.78, 5) is 39.7. The number of thiazole rings is 1. The molecule has 3 N–H and O–H groups in total. The van der Waals surface area contributed by atoms with Gasteiger partial charge in [-0.15, -0.1) is 11.3 Å². The van der Waals surface area contributed by atoms with Gasteiger partial charge in [-0.2, -0.15) is 0 Å². The summed E-state index contributed by atoms with van der Waals surface area (Å²) >= 11 is 7.18. The zero-order valence-electron chi connectivity index (χ0n) is 14.0. The van der Waals surface area contributed by atoms with Gasteiger partial charge in [0.25, 0.3) is 0 Å². The molecule has 0 spiro atoms. The van der Waals surface area contributed by atoms with E-state index in [1.165, 1.54) is 11.3 Å². The lowest BCUT2D eigenvalue weighted by molar-refractivity contribution is -0.122. The molecule has 2 heterocycles. The average Bonchev–Trinajstić information content (AvgIpc) is 3.20. The molecule has 1 saturated heterocycles. The smallest absolute Gasteiger partial charge is 0.248 e. The number of rotatable bonds is 5. The fourth-order valence-electron chi connectivity index (χ4n) is 2.54. The van der Waals surface area contributed by atoms with Gasteiger partial charge in [-0.3, -0.25) is 14.4 Å². The molecule has 9 heteroatoms. The number of aryl methyl sites for hydroxylation is 1. The number of benzene rings is 1. The first-order valence-electron chi connectivity index (χ1n) is 8.01. The monoisotopic (exact) mass is 392 g/mol. The Balaban J connectivity index is 1.56. The van der Waals surface area contributed by atoms with Gasteiger partial charge in [0.1, 0.15) is 6.04 Å². The lowest BCUT2D eigenvalue weighted by Gasteiger charge is -2.08. The minimum absolute atomic E-state index is 0.0818. The van der Waals surface area contributed by atoms with Gasteiger partial charge in [0.15, 0.2) is 5.13 Å². The molecule has 1 aromatic heterocycles. The molecule has 136 valence electrons. The molecule has 7 nitrogen and oxygen atoms in total. The normalized spacial score (nSPS) is 16.2. The van der Waals surface area contributed by atoms with Crippen LogP contribution >= 0.6 is 22.9 Å². The minimum Gasteiger partial charge on any atom is -0.344 e. The molecule has 1 atom stereocenters. The maximum Gasteiger partial charge on any atom is 0.248 e. The third-order valence-corrected chi connectivity index (χ3v) is 4.95. The van der Waals surface area contributed by atoms with E-state index in [9.17, 15) is 14.4 Å². The molecule has 1 aliphatic rings. The standard InChI is InChI=1S/C17H17ClN4O3S/c1-9-2-3-10(18)6-13(9)21-15(24)7-11-8-26-17(19-11)22-16(25)12-4-5-14(23)20-12/h2-3,6,8,12H,4-5,7H2,1H3,(H,20,23)(H,21,24)(H,19,22,25). The highest BCUT2D eigenvalue weighted by Gasteiger charge is 2.27. The van der Waals surface area contributed by atoms with Crippen molar-refractivity contribution < 1.29 is 14.4 Å². The highest BCUT2D eigenvalue weighted by Crippen LogP contribution is 2.21. The molecule has 0 saturated carbocycles. The lowest BCUT2D eigenvalue weighted by atomic mass is 10.2. The molecule has 2 aromatic rings. The van der Waals surface area contributed by atoms with Crippen molar-refractivity contribution in [3.63, 3.8) is 0 Å². The van der Waals surface area contributed by atoms with E-state index in [4.69, 9.17) is 11.6 Å². The number of halogens is 1. The first kappa shape index (κ1) is 18.3. The second kappa shape index (κ2) is 7.84. The van der Waals surface area contributed by atoms with Gasteiger partial charge in [-0.25, -0.2) is 4.98 Å². The number of nitrogens with zero attached hydrogens (tertiary/aromatic N) is 1. The highest BCUT2D eigenvalue weighted by atomic mass is 35.5. The quantitative estimate of drug-likeness (QED) is 0.727. The fourth-order valence-corrected chi connectivity index (χ4v) is 3.42. The maximum atomic E-state index is 12.2. The molecule has 0 aliphatic carbocycles. The van der Waals surface area contributed by atoms with E-state index in [1.807, 2.05) is 13.0 Å². The molecule has 3 amide bonds. The van der Waals surface area contributed by atoms with Crippen LogP contribution in [0.4, 0.5) is 10.8 Å². The zero-order valence-corrected chi connectivity index (χ0v) is 15.5. The van der Waals surface area contributed by atoms with Crippen LogP contribution in [0.2, 0.25) is 5.02 Å². The summed E-state index contributed by atoms with van der Waals surface area (Å²) in [6.07, 6.45) is 0.910. The summed E-state index contributed by atoms with van der Waals surface area (Å²) in [5, 5.41) is 10.7. The van der Waals surface area contributed by atoms with Gasteiger partial charge in [0.2, 0.25) is 17.7 Å². The van der Waals surface area contributed by atoms with Crippen LogP contribution in [0.25, 0.3) is 0 Å². The first-order valence-corrected chi connectivity index (χ1v) is 9.27. The molecule has 1 unspecified atom stereocenters. The third-order valence-electron chi connectivity index (χ3n) is 3.91. The van der Waals surface area contributed by atoms with Crippen molar-refractivity contribution in [1.82, 2.24) is 10.3 Å². The largest absolute Gasteiger partial charge is 0.344 e. The number of hydrogen-bond donors (Lipinski definition) is 3. The number of amides is 3. The number of anilines is 2. The molecule has 0 bridgehead atoms. The number of aromatic nitrogens is 1. The maximum absolute atomic E-state index is 12.2. The minimum atomic E-state index is -0.524. The first-order chi connectivity index (χ1) is 12.4. The lowest BCUT2D eigenvalue weighted by Crippen LogP contribution is -2.37. The summed E-state index contributed by atoms with van der Waals surface area (Å²) in [6, 6.07) is 4.76. The van der Waals surface area contributed by atoms with Crippen LogP contribution in [-0.2, 0) is 20.8 Å². The molecule has 1 aromatic carbocycles. The van der Waals surface area contributed by atoms with Crippen LogP contribution in [0.5, 0.6) is 0 Å². The van der Waals surface area contributed by atoms with Crippen LogP contribution < -0.4 is 16.0 Å². The fraction of sp³-hybridized carbons (Fsp3) is 0.294. The van der Waals surface area contributed by atoms with Crippen molar-refractivity contribution in [3.05, 3.63) is 39.9 Å². The van der Waals surface area contributed by atoms with Crippen LogP contribution in [0.1, 0.15) is 24.1 Å². The summed E-state index contributed by atoms with van der Waals surface area (Å²) in [7, 11) is 0. The van der Waals surface area contributed by atoms with Gasteiger partial charge >= 0.3 is 0 Å². The Morgan fingerprint density at radius 1 is 1.38 bits per heavy atom. The highest BCUT2D eigenvalue weighted by molar-refractivity contribution is 7.13. The van der Waals surface area contributed by atoms with Crippen molar-refractivity contribution in [2.24, 2.45) is 0 Å². The molecule has 1 aliphatic heterocycles. The van der Waals surface area contributed by atoms with Crippen LogP contribution in [0, 0.1) is 6.92 Å². The number of carbonyl (C=O) groups excluding carboxylic acids is 3. The van der Waals surface area contributed by atoms with Crippen molar-refractivity contribution in [2.75, 3.05) is 10.6 Å². The van der Waals surface area contributed by atoms with E-state index < -0.39 is 6.04 Å². The summed E-state index contributed by atoms with van der Waals surface area (Å²) in [5.41, 5.74) is 2.12. The summed E-state index contributed by atoms with van der Waals surface area (Å²) in [6.45, 7) is 1.88. The number of hydrogen-bond acceptors (Lipinski definition) is 5. The van der Waals surface area contributed by atoms with Crippen molar-refractivity contribution in [3.8, 4) is 0 Å². The third kappa shape index (κ3) is 4.59. The Labute approximate surface area is 159 Å². The summed E-state index contributed by atoms with van der Waals surface area (Å²) < 4.78 is 0. The molecule has 1 fully saturated rings. The Kier molecular flexibility index (Phi) is 5.53. The Morgan fingerprint density at radius 3 is 2.92 bits per heavy atom. The van der Waals surface area contributed by atoms with E-state index in [0.717, 1.165) is 5.56 Å². The SMILES string of the molecule is Cc1ccc(Cl)cc1NC(=O)Cc1csc(NC(=O)C2CCC(=O)N2)n1. The van der Waals surface area contributed by atoms with Gasteiger partial charge in [0.05, 0.1) is 12.1 Å². The molecular weight excluding hydrogens is 376 g/mol. The Bertz CT molecular complexity index is 867. The van der Waals surface area contributed by atoms with E-state index in [-0.39, 0.29) is 24.1 Å². The van der Waals surface area contributed by atoms with E-state index in [0.29, 0.717) is 34.4 Å². The zero-order chi connectivity index (χ0) is 18.7. The van der Waals surface area contributed by atoms with Gasteiger partial charge in [0, 0.05) is 22.5 Å². The molecule has 26 heavy (non-hydrogen) atoms. The van der Waals surface area contributed by atoms with E-state index in [1.54, 1.807) is 17.5 Å². The molecule has 3 rings (SSSR count). The van der Waals surface area contributed by atoms with Crippen molar-refractivity contribution >= 4 is 51.5 Å². The van der Waals surface area contributed by atoms with Gasteiger partial charge in [-0.05, 0) is 31.0 Å². The number of carbonyl (C=O) groups is 3. The second-order valence-electron chi connectivity index (χ2n) is 5.98. The predicted molar refractivity (Wildman–Crippen MR) is 100 cm³/mol. The number of nitrogens with one attached hydrogen (secondary N) is 3. The van der Waals surface area contributed by atoms with Gasteiger partial charge < -0.3 is 16.0 Å². The Hall–Kier alpha value is -2.45. The van der Waals surface area contributed by atoms with Crippen LogP contribution in [-0.4, -0.2) is 28.7 Å². The van der Waals surface area contributed by atoms with E-state index in [2.05, 4.69) is 20.9 Å². The second-order valence-corrected chi connectivity index (χ2v) is 7.27. The van der Waals surface area contributed by atoms with Crippen molar-refractivity contribution in [2.45, 2.75) is 32.2 Å². The molecule has 0 radical (unpaired) electrons. The predicted octanol–water partition coefficient (Wildman–Crippen LogP) is 2.50. The van der Waals surface area contributed by atoms with Gasteiger partial charge in [-0.1, -0.05) is 17.7 Å². The van der Waals surface area contributed by atoms with Crippen LogP contribution in [0.3, 0.4) is 0 Å². The van der Waals surface area contributed by atoms with E-state index >= 15 is 0 Å². The molecular formula is C17H17ClN4O3S. The average molecular weight is 393 g/mol. The van der Waals surface area contributed by atoms with Crippen LogP contribution in [0.15, 0.2) is 23.6 Å². The topological polar surface area (TPSA) is 100 Å².